The van der Waals surface area contributed by atoms with E-state index >= 15 is 0 Å². The Kier molecular flexibility index (Phi) is 4.77. The van der Waals surface area contributed by atoms with Crippen molar-refractivity contribution in [3.05, 3.63) is 65.7 Å². The van der Waals surface area contributed by atoms with Crippen LogP contribution in [0.25, 0.3) is 0 Å². The number of benzene rings is 1. The lowest BCUT2D eigenvalue weighted by Crippen LogP contribution is -2.40. The molecule has 1 N–H and O–H groups in total. The topological polar surface area (TPSA) is 59.1 Å². The molecule has 1 aromatic heterocycles. The minimum absolute atomic E-state index is 0.193. The molecular weight excluding hydrogens is 271 g/mol. The summed E-state index contributed by atoms with van der Waals surface area (Å²) in [6, 6.07) is 7.87. The standard InChI is InChI=1S/C16H15FN2O2/c1-2-14(15(20)12-4-3-9-18-10-12)19-16(21)11-5-7-13(17)8-6-11/h3-10,14H,2H2,1H3,(H,19,21). The van der Waals surface area contributed by atoms with E-state index in [0.717, 1.165) is 0 Å². The molecule has 2 rings (SSSR count). The number of carbonyl (C=O) groups is 2. The van der Waals surface area contributed by atoms with E-state index in [1.807, 2.05) is 6.92 Å². The van der Waals surface area contributed by atoms with Gasteiger partial charge in [-0.3, -0.25) is 14.6 Å². The van der Waals surface area contributed by atoms with Crippen molar-refractivity contribution in [1.29, 1.82) is 0 Å². The second-order valence-corrected chi connectivity index (χ2v) is 4.55. The molecule has 1 aromatic carbocycles. The van der Waals surface area contributed by atoms with Gasteiger partial charge in [0.05, 0.1) is 6.04 Å². The summed E-state index contributed by atoms with van der Waals surface area (Å²) in [6.45, 7) is 1.81. The number of Topliss-reactive ketones (excluding diaryl/α,β-unsaturated/α-hetero) is 1. The summed E-state index contributed by atoms with van der Waals surface area (Å²) in [6.07, 6.45) is 3.50. The van der Waals surface area contributed by atoms with Gasteiger partial charge in [-0.25, -0.2) is 4.39 Å². The van der Waals surface area contributed by atoms with Crippen LogP contribution >= 0.6 is 0 Å². The molecule has 0 aliphatic rings. The number of ketones is 1. The maximum atomic E-state index is 12.8. The van der Waals surface area contributed by atoms with Gasteiger partial charge in [0.1, 0.15) is 5.82 Å². The highest BCUT2D eigenvalue weighted by Crippen LogP contribution is 2.07. The summed E-state index contributed by atoms with van der Waals surface area (Å²) < 4.78 is 12.8. The minimum Gasteiger partial charge on any atom is -0.342 e. The number of pyridine rings is 1. The lowest BCUT2D eigenvalue weighted by molar-refractivity contribution is 0.0855. The highest BCUT2D eigenvalue weighted by Gasteiger charge is 2.21. The van der Waals surface area contributed by atoms with Gasteiger partial charge < -0.3 is 5.32 Å². The van der Waals surface area contributed by atoms with E-state index in [-0.39, 0.29) is 5.78 Å². The summed E-state index contributed by atoms with van der Waals surface area (Å²) in [4.78, 5) is 28.2. The zero-order chi connectivity index (χ0) is 15.2. The Balaban J connectivity index is 2.10. The molecule has 0 bridgehead atoms. The Morgan fingerprint density at radius 1 is 1.19 bits per heavy atom. The number of carbonyl (C=O) groups excluding carboxylic acids is 2. The SMILES string of the molecule is CCC(NC(=O)c1ccc(F)cc1)C(=O)c1cccnc1. The molecule has 1 atom stereocenters. The fourth-order valence-corrected chi connectivity index (χ4v) is 1.91. The van der Waals surface area contributed by atoms with E-state index in [9.17, 15) is 14.0 Å². The van der Waals surface area contributed by atoms with E-state index in [2.05, 4.69) is 10.3 Å². The van der Waals surface area contributed by atoms with Gasteiger partial charge in [0.25, 0.3) is 5.91 Å². The molecule has 2 aromatic rings. The van der Waals surface area contributed by atoms with Gasteiger partial charge in [0.15, 0.2) is 5.78 Å². The Bertz CT molecular complexity index is 626. The van der Waals surface area contributed by atoms with E-state index in [1.54, 1.807) is 18.3 Å². The second-order valence-electron chi connectivity index (χ2n) is 4.55. The molecule has 0 aliphatic carbocycles. The van der Waals surface area contributed by atoms with Crippen LogP contribution in [0.2, 0.25) is 0 Å². The molecule has 4 nitrogen and oxygen atoms in total. The fourth-order valence-electron chi connectivity index (χ4n) is 1.91. The zero-order valence-corrected chi connectivity index (χ0v) is 11.5. The zero-order valence-electron chi connectivity index (χ0n) is 11.5. The predicted molar refractivity (Wildman–Crippen MR) is 76.5 cm³/mol. The average molecular weight is 286 g/mol. The summed E-state index contributed by atoms with van der Waals surface area (Å²) in [5, 5.41) is 2.66. The molecule has 0 saturated heterocycles. The van der Waals surface area contributed by atoms with Gasteiger partial charge in [-0.15, -0.1) is 0 Å². The van der Waals surface area contributed by atoms with Crippen LogP contribution < -0.4 is 5.32 Å². The number of hydrogen-bond acceptors (Lipinski definition) is 3. The Morgan fingerprint density at radius 2 is 1.90 bits per heavy atom. The number of rotatable bonds is 5. The minimum atomic E-state index is -0.633. The first-order valence-electron chi connectivity index (χ1n) is 6.62. The maximum Gasteiger partial charge on any atom is 0.251 e. The lowest BCUT2D eigenvalue weighted by Gasteiger charge is -2.15. The fraction of sp³-hybridized carbons (Fsp3) is 0.188. The first-order chi connectivity index (χ1) is 10.1. The number of halogens is 1. The van der Waals surface area contributed by atoms with Crippen LogP contribution in [0.3, 0.4) is 0 Å². The van der Waals surface area contributed by atoms with Gasteiger partial charge >= 0.3 is 0 Å². The molecule has 0 radical (unpaired) electrons. The molecule has 108 valence electrons. The maximum absolute atomic E-state index is 12.8. The van der Waals surface area contributed by atoms with Gasteiger partial charge in [0.2, 0.25) is 0 Å². The van der Waals surface area contributed by atoms with Gasteiger partial charge in [-0.05, 0) is 42.8 Å². The highest BCUT2D eigenvalue weighted by atomic mass is 19.1. The van der Waals surface area contributed by atoms with Crippen LogP contribution in [0.5, 0.6) is 0 Å². The number of hydrogen-bond donors (Lipinski definition) is 1. The van der Waals surface area contributed by atoms with E-state index in [1.165, 1.54) is 30.5 Å². The van der Waals surface area contributed by atoms with Gasteiger partial charge in [-0.2, -0.15) is 0 Å². The van der Waals surface area contributed by atoms with Crippen molar-refractivity contribution >= 4 is 11.7 Å². The largest absolute Gasteiger partial charge is 0.342 e. The summed E-state index contributed by atoms with van der Waals surface area (Å²) >= 11 is 0. The molecule has 0 aliphatic heterocycles. The molecular formula is C16H15FN2O2. The quantitative estimate of drug-likeness (QED) is 0.859. The average Bonchev–Trinajstić information content (AvgIpc) is 2.53. The van der Waals surface area contributed by atoms with E-state index in [0.29, 0.717) is 17.5 Å². The Morgan fingerprint density at radius 3 is 2.48 bits per heavy atom. The normalized spacial score (nSPS) is 11.7. The third-order valence-corrected chi connectivity index (χ3v) is 3.08. The summed E-state index contributed by atoms with van der Waals surface area (Å²) in [5.74, 6) is -1.01. The number of nitrogens with one attached hydrogen (secondary N) is 1. The molecule has 21 heavy (non-hydrogen) atoms. The van der Waals surface area contributed by atoms with Crippen molar-refractivity contribution in [1.82, 2.24) is 10.3 Å². The first kappa shape index (κ1) is 14.8. The van der Waals surface area contributed by atoms with Crippen LogP contribution in [0.1, 0.15) is 34.1 Å². The van der Waals surface area contributed by atoms with Crippen molar-refractivity contribution in [3.8, 4) is 0 Å². The van der Waals surface area contributed by atoms with Crippen molar-refractivity contribution in [2.45, 2.75) is 19.4 Å². The third-order valence-electron chi connectivity index (χ3n) is 3.08. The van der Waals surface area contributed by atoms with E-state index < -0.39 is 17.8 Å². The molecule has 1 amide bonds. The molecule has 1 unspecified atom stereocenters. The summed E-state index contributed by atoms with van der Waals surface area (Å²) in [5.41, 5.74) is 0.762. The van der Waals surface area contributed by atoms with Crippen LogP contribution in [0.4, 0.5) is 4.39 Å². The van der Waals surface area contributed by atoms with Crippen molar-refractivity contribution in [2.75, 3.05) is 0 Å². The summed E-state index contributed by atoms with van der Waals surface area (Å²) in [7, 11) is 0. The molecule has 5 heteroatoms. The predicted octanol–water partition coefficient (Wildman–Crippen LogP) is 2.61. The smallest absolute Gasteiger partial charge is 0.251 e. The van der Waals surface area contributed by atoms with Crippen molar-refractivity contribution in [2.24, 2.45) is 0 Å². The van der Waals surface area contributed by atoms with Crippen LogP contribution in [0, 0.1) is 5.82 Å². The highest BCUT2D eigenvalue weighted by molar-refractivity contribution is 6.04. The number of aromatic nitrogens is 1. The number of amides is 1. The molecule has 0 saturated carbocycles. The van der Waals surface area contributed by atoms with Crippen molar-refractivity contribution in [3.63, 3.8) is 0 Å². The van der Waals surface area contributed by atoms with Crippen molar-refractivity contribution < 1.29 is 14.0 Å². The van der Waals surface area contributed by atoms with Gasteiger partial charge in [-0.1, -0.05) is 6.92 Å². The molecule has 0 spiro atoms. The van der Waals surface area contributed by atoms with Gasteiger partial charge in [0, 0.05) is 23.5 Å². The second kappa shape index (κ2) is 6.74. The van der Waals surface area contributed by atoms with Crippen LogP contribution in [-0.2, 0) is 0 Å². The molecule has 0 fully saturated rings. The Hall–Kier alpha value is -2.56. The lowest BCUT2D eigenvalue weighted by atomic mass is 10.0. The number of nitrogens with zero attached hydrogens (tertiary/aromatic N) is 1. The van der Waals surface area contributed by atoms with E-state index in [4.69, 9.17) is 0 Å². The first-order valence-corrected chi connectivity index (χ1v) is 6.62. The molecule has 1 heterocycles. The monoisotopic (exact) mass is 286 g/mol. The van der Waals surface area contributed by atoms with Crippen LogP contribution in [-0.4, -0.2) is 22.7 Å². The Labute approximate surface area is 122 Å². The van der Waals surface area contributed by atoms with Crippen LogP contribution in [0.15, 0.2) is 48.8 Å². The third kappa shape index (κ3) is 3.72.